The van der Waals surface area contributed by atoms with Gasteiger partial charge >= 0.3 is 0 Å². The summed E-state index contributed by atoms with van der Waals surface area (Å²) in [7, 11) is 0. The average Bonchev–Trinajstić information content (AvgIpc) is 1.92. The molecule has 1 heterocycles. The van der Waals surface area contributed by atoms with Crippen LogP contribution in [-0.4, -0.2) is 4.98 Å². The molecule has 2 N–H and O–H groups in total. The Bertz CT molecular complexity index is 297. The highest BCUT2D eigenvalue weighted by atomic mass is 79.9. The predicted molar refractivity (Wildman–Crippen MR) is 41.1 cm³/mol. The van der Waals surface area contributed by atoms with Crippen molar-refractivity contribution in [1.82, 2.24) is 4.98 Å². The van der Waals surface area contributed by atoms with Gasteiger partial charge in [0.1, 0.15) is 5.82 Å². The molecule has 1 aromatic heterocycles. The van der Waals surface area contributed by atoms with Crippen LogP contribution in [0.3, 0.4) is 0 Å². The molecule has 2 nitrogen and oxygen atoms in total. The lowest BCUT2D eigenvalue weighted by molar-refractivity contribution is 1.19. The van der Waals surface area contributed by atoms with Gasteiger partial charge in [-0.25, -0.2) is 4.98 Å². The molecule has 0 saturated carbocycles. The minimum atomic E-state index is -2.21. The Hall–Kier alpha value is -0.570. The summed E-state index contributed by atoms with van der Waals surface area (Å²) in [6, 6.07) is 3.11. The van der Waals surface area contributed by atoms with Crippen molar-refractivity contribution in [3.05, 3.63) is 22.3 Å². The zero-order valence-corrected chi connectivity index (χ0v) is 6.14. The first-order valence-corrected chi connectivity index (χ1v) is 3.13. The van der Waals surface area contributed by atoms with E-state index in [1.807, 2.05) is 0 Å². The zero-order chi connectivity index (χ0) is 9.35. The van der Waals surface area contributed by atoms with Crippen molar-refractivity contribution in [2.24, 2.45) is 0 Å². The summed E-state index contributed by atoms with van der Waals surface area (Å²) in [5.74, 6) is 0.212. The summed E-state index contributed by atoms with van der Waals surface area (Å²) in [5, 5.41) is 0. The van der Waals surface area contributed by atoms with E-state index in [1.54, 1.807) is 12.1 Å². The first-order valence-electron chi connectivity index (χ1n) is 3.84. The van der Waals surface area contributed by atoms with E-state index in [2.05, 4.69) is 20.9 Å². The third kappa shape index (κ3) is 1.42. The van der Waals surface area contributed by atoms with Crippen molar-refractivity contribution < 1.29 is 4.11 Å². The van der Waals surface area contributed by atoms with Crippen molar-refractivity contribution in [2.75, 3.05) is 5.73 Å². The molecule has 48 valence electrons. The van der Waals surface area contributed by atoms with Gasteiger partial charge in [-0.2, -0.15) is 0 Å². The fourth-order valence-electron chi connectivity index (χ4n) is 0.457. The summed E-state index contributed by atoms with van der Waals surface area (Å²) < 4.78 is 21.7. The lowest BCUT2D eigenvalue weighted by Gasteiger charge is -1.95. The van der Waals surface area contributed by atoms with Crippen molar-refractivity contribution in [3.63, 3.8) is 0 Å². The maximum atomic E-state index is 7.10. The van der Waals surface area contributed by atoms with Crippen LogP contribution in [0.2, 0.25) is 0 Å². The van der Waals surface area contributed by atoms with Gasteiger partial charge in [0.05, 0.1) is 5.69 Å². The highest BCUT2D eigenvalue weighted by Crippen LogP contribution is 2.13. The molecule has 0 saturated heterocycles. The van der Waals surface area contributed by atoms with Crippen LogP contribution in [0.4, 0.5) is 5.82 Å². The van der Waals surface area contributed by atoms with E-state index in [0.29, 0.717) is 4.47 Å². The number of pyridine rings is 1. The number of nitrogens with two attached hydrogens (primary N) is 1. The van der Waals surface area contributed by atoms with Crippen LogP contribution in [0.1, 0.15) is 9.81 Å². The van der Waals surface area contributed by atoms with Crippen LogP contribution < -0.4 is 5.73 Å². The van der Waals surface area contributed by atoms with E-state index in [0.717, 1.165) is 0 Å². The summed E-state index contributed by atoms with van der Waals surface area (Å²) in [5.41, 5.74) is 5.34. The molecule has 9 heavy (non-hydrogen) atoms. The van der Waals surface area contributed by atoms with Crippen LogP contribution in [0.5, 0.6) is 0 Å². The van der Waals surface area contributed by atoms with Crippen molar-refractivity contribution in [3.8, 4) is 0 Å². The molecule has 0 aliphatic rings. The van der Waals surface area contributed by atoms with Crippen LogP contribution in [0.25, 0.3) is 0 Å². The third-order valence-electron chi connectivity index (χ3n) is 0.868. The van der Waals surface area contributed by atoms with E-state index in [4.69, 9.17) is 9.85 Å². The second-order valence-corrected chi connectivity index (χ2v) is 2.42. The van der Waals surface area contributed by atoms with Crippen LogP contribution in [0.15, 0.2) is 16.6 Å². The van der Waals surface area contributed by atoms with Gasteiger partial charge in [-0.3, -0.25) is 0 Å². The van der Waals surface area contributed by atoms with Gasteiger partial charge in [0, 0.05) is 8.58 Å². The molecular weight excluding hydrogens is 180 g/mol. The fourth-order valence-corrected chi connectivity index (χ4v) is 0.678. The van der Waals surface area contributed by atoms with Gasteiger partial charge < -0.3 is 5.73 Å². The molecule has 1 rings (SSSR count). The lowest BCUT2D eigenvalue weighted by Crippen LogP contribution is -1.91. The van der Waals surface area contributed by atoms with Crippen molar-refractivity contribution in [2.45, 2.75) is 6.85 Å². The van der Waals surface area contributed by atoms with Gasteiger partial charge in [-0.05, 0) is 34.9 Å². The minimum Gasteiger partial charge on any atom is -0.384 e. The smallest absolute Gasteiger partial charge is 0.123 e. The molecule has 0 spiro atoms. The molecule has 0 fully saturated rings. The Morgan fingerprint density at radius 3 is 3.11 bits per heavy atom. The fraction of sp³-hybridized carbons (Fsp3) is 0.167. The number of hydrogen-bond donors (Lipinski definition) is 1. The molecule has 0 aliphatic carbocycles. The van der Waals surface area contributed by atoms with Crippen LogP contribution in [0, 0.1) is 6.85 Å². The number of aromatic nitrogens is 1. The normalized spacial score (nSPS) is 15.9. The second kappa shape index (κ2) is 2.35. The highest BCUT2D eigenvalue weighted by molar-refractivity contribution is 9.10. The van der Waals surface area contributed by atoms with Gasteiger partial charge in [-0.15, -0.1) is 0 Å². The SMILES string of the molecule is [2H]C([2H])([2H])c1nc(N)ccc1Br. The lowest BCUT2D eigenvalue weighted by atomic mass is 10.4. The highest BCUT2D eigenvalue weighted by Gasteiger charge is 1.92. The molecule has 0 aliphatic heterocycles. The first kappa shape index (κ1) is 3.56. The largest absolute Gasteiger partial charge is 0.384 e. The molecule has 0 atom stereocenters. The Morgan fingerprint density at radius 2 is 2.56 bits per heavy atom. The number of aryl methyl sites for hydroxylation is 1. The molecule has 0 unspecified atom stereocenters. The van der Waals surface area contributed by atoms with Gasteiger partial charge in [-0.1, -0.05) is 0 Å². The van der Waals surface area contributed by atoms with E-state index < -0.39 is 6.85 Å². The topological polar surface area (TPSA) is 38.9 Å². The van der Waals surface area contributed by atoms with Crippen LogP contribution >= 0.6 is 15.9 Å². The Labute approximate surface area is 66.4 Å². The van der Waals surface area contributed by atoms with Gasteiger partial charge in [0.25, 0.3) is 0 Å². The summed E-state index contributed by atoms with van der Waals surface area (Å²) in [4.78, 5) is 3.71. The molecule has 0 aromatic carbocycles. The number of nitrogen functional groups attached to an aromatic ring is 1. The minimum absolute atomic E-state index is 0.00231. The maximum absolute atomic E-state index is 7.10. The Balaban J connectivity index is 3.23. The molecule has 0 amide bonds. The summed E-state index contributed by atoms with van der Waals surface area (Å²) >= 11 is 3.09. The third-order valence-corrected chi connectivity index (χ3v) is 1.51. The van der Waals surface area contributed by atoms with Crippen LogP contribution in [-0.2, 0) is 0 Å². The summed E-state index contributed by atoms with van der Waals surface area (Å²) in [6.07, 6.45) is 0. The van der Waals surface area contributed by atoms with E-state index >= 15 is 0 Å². The number of rotatable bonds is 0. The zero-order valence-electron chi connectivity index (χ0n) is 7.56. The quantitative estimate of drug-likeness (QED) is 0.676. The van der Waals surface area contributed by atoms with E-state index in [1.165, 1.54) is 0 Å². The number of anilines is 1. The molecule has 0 bridgehead atoms. The van der Waals surface area contributed by atoms with Gasteiger partial charge in [0.2, 0.25) is 0 Å². The molecule has 1 aromatic rings. The monoisotopic (exact) mass is 189 g/mol. The van der Waals surface area contributed by atoms with E-state index in [9.17, 15) is 0 Å². The predicted octanol–water partition coefficient (Wildman–Crippen LogP) is 1.73. The standard InChI is InChI=1S/C6H7BrN2/c1-4-5(7)2-3-6(8)9-4/h2-3H,1H3,(H2,8,9)/i1D3. The molecule has 0 radical (unpaired) electrons. The average molecular weight is 190 g/mol. The number of hydrogen-bond acceptors (Lipinski definition) is 2. The molecule has 3 heteroatoms. The van der Waals surface area contributed by atoms with Crippen molar-refractivity contribution >= 4 is 21.7 Å². The Morgan fingerprint density at radius 1 is 1.78 bits per heavy atom. The first-order chi connectivity index (χ1) is 5.41. The summed E-state index contributed by atoms with van der Waals surface area (Å²) in [6.45, 7) is -2.21. The van der Waals surface area contributed by atoms with Gasteiger partial charge in [0.15, 0.2) is 0 Å². The molecular formula is C6H7BrN2. The maximum Gasteiger partial charge on any atom is 0.123 e. The number of halogens is 1. The Kier molecular flexibility index (Phi) is 0.931. The second-order valence-electron chi connectivity index (χ2n) is 1.57. The van der Waals surface area contributed by atoms with E-state index in [-0.39, 0.29) is 11.5 Å². The number of nitrogens with zero attached hydrogens (tertiary/aromatic N) is 1. The van der Waals surface area contributed by atoms with Crippen molar-refractivity contribution in [1.29, 1.82) is 0 Å².